The molecular formula is C11H14N6S. The SMILES string of the molecule is CCc1nn(C)cc1Nc1nccnc1C(N)=S. The van der Waals surface area contributed by atoms with Gasteiger partial charge >= 0.3 is 0 Å². The van der Waals surface area contributed by atoms with Crippen LogP contribution in [0.2, 0.25) is 0 Å². The molecule has 18 heavy (non-hydrogen) atoms. The van der Waals surface area contributed by atoms with Crippen LogP contribution < -0.4 is 11.1 Å². The van der Waals surface area contributed by atoms with Crippen LogP contribution in [0.3, 0.4) is 0 Å². The molecule has 2 aromatic heterocycles. The van der Waals surface area contributed by atoms with Crippen LogP contribution in [0.5, 0.6) is 0 Å². The van der Waals surface area contributed by atoms with Gasteiger partial charge in [-0.05, 0) is 6.42 Å². The smallest absolute Gasteiger partial charge is 0.159 e. The van der Waals surface area contributed by atoms with Gasteiger partial charge in [0.05, 0.1) is 11.4 Å². The molecule has 0 saturated heterocycles. The maximum absolute atomic E-state index is 5.61. The molecule has 2 aromatic rings. The van der Waals surface area contributed by atoms with Gasteiger partial charge in [0.25, 0.3) is 0 Å². The van der Waals surface area contributed by atoms with E-state index in [2.05, 4.69) is 20.4 Å². The standard InChI is InChI=1S/C11H14N6S/c1-3-7-8(6-17(2)16-7)15-11-9(10(12)18)13-4-5-14-11/h4-6H,3H2,1-2H3,(H2,12,18)(H,14,15). The van der Waals surface area contributed by atoms with Gasteiger partial charge in [-0.3, -0.25) is 4.68 Å². The Morgan fingerprint density at radius 2 is 2.17 bits per heavy atom. The molecule has 2 rings (SSSR count). The second-order valence-corrected chi connectivity index (χ2v) is 4.20. The highest BCUT2D eigenvalue weighted by Crippen LogP contribution is 2.20. The molecule has 0 unspecified atom stereocenters. The molecule has 3 N–H and O–H groups in total. The quantitative estimate of drug-likeness (QED) is 0.804. The monoisotopic (exact) mass is 262 g/mol. The number of nitrogens with zero attached hydrogens (tertiary/aromatic N) is 4. The Hall–Kier alpha value is -2.02. The van der Waals surface area contributed by atoms with Gasteiger partial charge in [-0.15, -0.1) is 0 Å². The number of rotatable bonds is 4. The summed E-state index contributed by atoms with van der Waals surface area (Å²) >= 11 is 4.95. The summed E-state index contributed by atoms with van der Waals surface area (Å²) < 4.78 is 1.75. The lowest BCUT2D eigenvalue weighted by Gasteiger charge is -2.07. The zero-order chi connectivity index (χ0) is 13.1. The van der Waals surface area contributed by atoms with E-state index in [1.165, 1.54) is 0 Å². The minimum atomic E-state index is 0.215. The van der Waals surface area contributed by atoms with Crippen molar-refractivity contribution in [1.82, 2.24) is 19.7 Å². The molecule has 0 radical (unpaired) electrons. The molecule has 0 spiro atoms. The lowest BCUT2D eigenvalue weighted by molar-refractivity contribution is 0.746. The molecule has 0 aliphatic carbocycles. The highest BCUT2D eigenvalue weighted by atomic mass is 32.1. The first-order chi connectivity index (χ1) is 8.61. The first kappa shape index (κ1) is 12.4. The van der Waals surface area contributed by atoms with Crippen LogP contribution in [0, 0.1) is 0 Å². The fourth-order valence-corrected chi connectivity index (χ4v) is 1.79. The van der Waals surface area contributed by atoms with E-state index >= 15 is 0 Å². The van der Waals surface area contributed by atoms with Gasteiger partial charge in [-0.2, -0.15) is 5.10 Å². The molecular weight excluding hydrogens is 248 g/mol. The van der Waals surface area contributed by atoms with Crippen LogP contribution in [-0.4, -0.2) is 24.7 Å². The van der Waals surface area contributed by atoms with E-state index in [1.807, 2.05) is 20.2 Å². The fraction of sp³-hybridized carbons (Fsp3) is 0.273. The molecule has 2 heterocycles. The molecule has 0 aliphatic heterocycles. The molecule has 6 nitrogen and oxygen atoms in total. The van der Waals surface area contributed by atoms with Gasteiger partial charge in [0.15, 0.2) is 5.82 Å². The molecule has 0 saturated carbocycles. The number of thiocarbonyl (C=S) groups is 1. The fourth-order valence-electron chi connectivity index (χ4n) is 1.64. The third-order valence-electron chi connectivity index (χ3n) is 2.42. The summed E-state index contributed by atoms with van der Waals surface area (Å²) in [7, 11) is 1.87. The summed E-state index contributed by atoms with van der Waals surface area (Å²) in [6.45, 7) is 2.04. The average Bonchev–Trinajstić information content (AvgIpc) is 2.70. The zero-order valence-corrected chi connectivity index (χ0v) is 11.0. The topological polar surface area (TPSA) is 81.7 Å². The Morgan fingerprint density at radius 3 is 2.83 bits per heavy atom. The molecule has 0 amide bonds. The second kappa shape index (κ2) is 5.09. The van der Waals surface area contributed by atoms with Gasteiger partial charge < -0.3 is 11.1 Å². The van der Waals surface area contributed by atoms with E-state index in [0.717, 1.165) is 17.8 Å². The number of aromatic nitrogens is 4. The largest absolute Gasteiger partial charge is 0.388 e. The van der Waals surface area contributed by atoms with Crippen molar-refractivity contribution in [3.05, 3.63) is 30.0 Å². The van der Waals surface area contributed by atoms with Gasteiger partial charge in [0.1, 0.15) is 10.7 Å². The number of nitrogens with two attached hydrogens (primary N) is 1. The van der Waals surface area contributed by atoms with Crippen LogP contribution in [0.1, 0.15) is 18.3 Å². The third-order valence-corrected chi connectivity index (χ3v) is 2.62. The summed E-state index contributed by atoms with van der Waals surface area (Å²) in [5.74, 6) is 0.549. The maximum Gasteiger partial charge on any atom is 0.159 e. The Kier molecular flexibility index (Phi) is 3.52. The van der Waals surface area contributed by atoms with Crippen molar-refractivity contribution < 1.29 is 0 Å². The Morgan fingerprint density at radius 1 is 1.44 bits per heavy atom. The van der Waals surface area contributed by atoms with Crippen molar-refractivity contribution in [2.45, 2.75) is 13.3 Å². The van der Waals surface area contributed by atoms with E-state index in [0.29, 0.717) is 11.5 Å². The number of hydrogen-bond acceptors (Lipinski definition) is 5. The van der Waals surface area contributed by atoms with Gasteiger partial charge in [0.2, 0.25) is 0 Å². The van der Waals surface area contributed by atoms with Crippen LogP contribution >= 0.6 is 12.2 Å². The number of anilines is 2. The predicted octanol–water partition coefficient (Wildman–Crippen LogP) is 1.15. The average molecular weight is 262 g/mol. The Bertz CT molecular complexity index is 577. The summed E-state index contributed by atoms with van der Waals surface area (Å²) in [5, 5.41) is 7.51. The maximum atomic E-state index is 5.61. The molecule has 94 valence electrons. The minimum absolute atomic E-state index is 0.215. The first-order valence-corrected chi connectivity index (χ1v) is 5.93. The molecule has 0 atom stereocenters. The molecule has 0 bridgehead atoms. The Labute approximate surface area is 110 Å². The van der Waals surface area contributed by atoms with Crippen molar-refractivity contribution >= 4 is 28.7 Å². The van der Waals surface area contributed by atoms with Crippen molar-refractivity contribution in [1.29, 1.82) is 0 Å². The van der Waals surface area contributed by atoms with Crippen LogP contribution in [0.4, 0.5) is 11.5 Å². The van der Waals surface area contributed by atoms with Crippen LogP contribution in [0.25, 0.3) is 0 Å². The van der Waals surface area contributed by atoms with Crippen molar-refractivity contribution in [2.24, 2.45) is 12.8 Å². The predicted molar refractivity (Wildman–Crippen MR) is 73.8 cm³/mol. The van der Waals surface area contributed by atoms with E-state index in [1.54, 1.807) is 17.1 Å². The summed E-state index contributed by atoms with van der Waals surface area (Å²) in [4.78, 5) is 8.54. The van der Waals surface area contributed by atoms with Crippen LogP contribution in [0.15, 0.2) is 18.6 Å². The van der Waals surface area contributed by atoms with Crippen molar-refractivity contribution in [3.63, 3.8) is 0 Å². The highest BCUT2D eigenvalue weighted by molar-refractivity contribution is 7.80. The third kappa shape index (κ3) is 2.45. The number of nitrogens with one attached hydrogen (secondary N) is 1. The normalized spacial score (nSPS) is 10.3. The van der Waals surface area contributed by atoms with E-state index in [-0.39, 0.29) is 4.99 Å². The van der Waals surface area contributed by atoms with E-state index < -0.39 is 0 Å². The highest BCUT2D eigenvalue weighted by Gasteiger charge is 2.11. The van der Waals surface area contributed by atoms with E-state index in [9.17, 15) is 0 Å². The lowest BCUT2D eigenvalue weighted by Crippen LogP contribution is -2.15. The summed E-state index contributed by atoms with van der Waals surface area (Å²) in [5.41, 5.74) is 7.94. The summed E-state index contributed by atoms with van der Waals surface area (Å²) in [6, 6.07) is 0. The molecule has 0 aromatic carbocycles. The van der Waals surface area contributed by atoms with Gasteiger partial charge in [0, 0.05) is 25.6 Å². The number of hydrogen-bond donors (Lipinski definition) is 2. The molecule has 0 aliphatic rings. The molecule has 7 heteroatoms. The van der Waals surface area contributed by atoms with E-state index in [4.69, 9.17) is 18.0 Å². The van der Waals surface area contributed by atoms with Gasteiger partial charge in [-0.1, -0.05) is 19.1 Å². The lowest BCUT2D eigenvalue weighted by atomic mass is 10.3. The summed E-state index contributed by atoms with van der Waals surface area (Å²) in [6.07, 6.45) is 5.86. The van der Waals surface area contributed by atoms with Crippen molar-refractivity contribution in [3.8, 4) is 0 Å². The first-order valence-electron chi connectivity index (χ1n) is 5.52. The van der Waals surface area contributed by atoms with Crippen molar-refractivity contribution in [2.75, 3.05) is 5.32 Å². The van der Waals surface area contributed by atoms with Crippen LogP contribution in [-0.2, 0) is 13.5 Å². The zero-order valence-electron chi connectivity index (χ0n) is 10.2. The second-order valence-electron chi connectivity index (χ2n) is 3.76. The number of aryl methyl sites for hydroxylation is 2. The molecule has 0 fully saturated rings. The Balaban J connectivity index is 2.36. The minimum Gasteiger partial charge on any atom is -0.388 e. The van der Waals surface area contributed by atoms with Gasteiger partial charge in [-0.25, -0.2) is 9.97 Å².